The third-order valence-electron chi connectivity index (χ3n) is 10.4. The molecule has 2 saturated carbocycles. The lowest BCUT2D eigenvalue weighted by atomic mass is 9.51. The molecule has 0 spiro atoms. The maximum Gasteiger partial charge on any atom is 0.156 e. The molecule has 0 heterocycles. The van der Waals surface area contributed by atoms with E-state index in [1.54, 1.807) is 5.57 Å². The third kappa shape index (κ3) is 4.99. The minimum Gasteiger partial charge on any atom is -0.396 e. The Morgan fingerprint density at radius 1 is 1.03 bits per heavy atom. The predicted octanol–water partition coefficient (Wildman–Crippen LogP) is 6.78. The van der Waals surface area contributed by atoms with Gasteiger partial charge in [0.1, 0.15) is 5.78 Å². The number of anilines is 1. The average molecular weight is 504 g/mol. The van der Waals surface area contributed by atoms with Crippen molar-refractivity contribution >= 4 is 17.3 Å². The lowest BCUT2D eigenvalue weighted by molar-refractivity contribution is -0.125. The van der Waals surface area contributed by atoms with Crippen LogP contribution in [0.4, 0.5) is 5.69 Å². The highest BCUT2D eigenvalue weighted by atomic mass is 16.3. The van der Waals surface area contributed by atoms with E-state index in [0.717, 1.165) is 70.8 Å². The van der Waals surface area contributed by atoms with Gasteiger partial charge in [0.2, 0.25) is 0 Å². The van der Waals surface area contributed by atoms with Crippen molar-refractivity contribution in [2.45, 2.75) is 90.4 Å². The van der Waals surface area contributed by atoms with E-state index < -0.39 is 0 Å². The Morgan fingerprint density at radius 2 is 1.78 bits per heavy atom. The van der Waals surface area contributed by atoms with Crippen LogP contribution in [-0.2, 0) is 9.59 Å². The zero-order chi connectivity index (χ0) is 26.2. The van der Waals surface area contributed by atoms with Gasteiger partial charge in [0, 0.05) is 44.1 Å². The van der Waals surface area contributed by atoms with Crippen LogP contribution in [0.5, 0.6) is 0 Å². The quantitative estimate of drug-likeness (QED) is 0.377. The van der Waals surface area contributed by atoms with Crippen LogP contribution < -0.4 is 4.90 Å². The van der Waals surface area contributed by atoms with Crippen molar-refractivity contribution < 1.29 is 14.7 Å². The highest BCUT2D eigenvalue weighted by Gasteiger charge is 2.57. The molecular formula is C33H45NO3. The van der Waals surface area contributed by atoms with E-state index >= 15 is 0 Å². The van der Waals surface area contributed by atoms with Gasteiger partial charge in [-0.05, 0) is 110 Å². The van der Waals surface area contributed by atoms with Gasteiger partial charge in [0.05, 0.1) is 0 Å². The molecule has 5 unspecified atom stereocenters. The first-order valence-corrected chi connectivity index (χ1v) is 14.7. The Labute approximate surface area is 223 Å². The van der Waals surface area contributed by atoms with Crippen molar-refractivity contribution in [1.29, 1.82) is 0 Å². The van der Waals surface area contributed by atoms with Gasteiger partial charge in [0.15, 0.2) is 5.78 Å². The minimum absolute atomic E-state index is 0.0565. The molecule has 5 atom stereocenters. The van der Waals surface area contributed by atoms with Gasteiger partial charge in [-0.3, -0.25) is 9.59 Å². The molecule has 5 rings (SSSR count). The van der Waals surface area contributed by atoms with Gasteiger partial charge in [-0.2, -0.15) is 0 Å². The second-order valence-corrected chi connectivity index (χ2v) is 12.5. The fraction of sp³-hybridized carbons (Fsp3) is 0.636. The Hall–Kier alpha value is -2.20. The van der Waals surface area contributed by atoms with Crippen LogP contribution in [0.25, 0.3) is 0 Å². The van der Waals surface area contributed by atoms with Gasteiger partial charge in [-0.15, -0.1) is 0 Å². The summed E-state index contributed by atoms with van der Waals surface area (Å²) < 4.78 is 0. The zero-order valence-corrected chi connectivity index (χ0v) is 23.1. The molecule has 1 aromatic carbocycles. The Balaban J connectivity index is 1.45. The summed E-state index contributed by atoms with van der Waals surface area (Å²) >= 11 is 0. The average Bonchev–Trinajstić information content (AvgIpc) is 3.25. The van der Waals surface area contributed by atoms with E-state index in [2.05, 4.69) is 43.1 Å². The number of allylic oxidation sites excluding steroid dienone is 4. The van der Waals surface area contributed by atoms with E-state index in [1.165, 1.54) is 22.4 Å². The number of ketones is 2. The molecular weight excluding hydrogens is 458 g/mol. The van der Waals surface area contributed by atoms with Gasteiger partial charge < -0.3 is 10.0 Å². The second kappa shape index (κ2) is 10.9. The molecule has 0 aliphatic heterocycles. The van der Waals surface area contributed by atoms with E-state index in [4.69, 9.17) is 5.11 Å². The molecule has 0 bridgehead atoms. The van der Waals surface area contributed by atoms with E-state index in [1.807, 2.05) is 13.0 Å². The molecule has 0 radical (unpaired) electrons. The summed E-state index contributed by atoms with van der Waals surface area (Å²) in [5.41, 5.74) is 7.07. The van der Waals surface area contributed by atoms with Crippen molar-refractivity contribution in [2.75, 3.05) is 25.1 Å². The number of hydrogen-bond acceptors (Lipinski definition) is 4. The van der Waals surface area contributed by atoms with E-state index in [0.29, 0.717) is 30.0 Å². The molecule has 2 fully saturated rings. The summed E-state index contributed by atoms with van der Waals surface area (Å²) in [6.45, 7) is 5.54. The van der Waals surface area contributed by atoms with Gasteiger partial charge in [-0.25, -0.2) is 0 Å². The maximum absolute atomic E-state index is 12.8. The molecule has 4 aliphatic carbocycles. The first-order valence-electron chi connectivity index (χ1n) is 14.7. The third-order valence-corrected chi connectivity index (χ3v) is 10.4. The number of hydrogen-bond donors (Lipinski definition) is 1. The summed E-state index contributed by atoms with van der Waals surface area (Å²) in [6, 6.07) is 9.22. The lowest BCUT2D eigenvalue weighted by Crippen LogP contribution is -2.44. The summed E-state index contributed by atoms with van der Waals surface area (Å²) in [5.74, 6) is 2.28. The smallest absolute Gasteiger partial charge is 0.156 e. The normalized spacial score (nSPS) is 30.9. The largest absolute Gasteiger partial charge is 0.396 e. The zero-order valence-electron chi connectivity index (χ0n) is 23.1. The predicted molar refractivity (Wildman–Crippen MR) is 150 cm³/mol. The minimum atomic E-state index is 0.0565. The second-order valence-electron chi connectivity index (χ2n) is 12.5. The Kier molecular flexibility index (Phi) is 7.77. The number of fused-ring (bicyclic) bond motifs is 4. The van der Waals surface area contributed by atoms with Crippen LogP contribution in [0.3, 0.4) is 0 Å². The number of rotatable bonds is 9. The highest BCUT2D eigenvalue weighted by Crippen LogP contribution is 2.65. The van der Waals surface area contributed by atoms with Crippen LogP contribution in [0.1, 0.15) is 96.0 Å². The van der Waals surface area contributed by atoms with Gasteiger partial charge in [0.25, 0.3) is 0 Å². The van der Waals surface area contributed by atoms with Crippen molar-refractivity contribution in [3.8, 4) is 0 Å². The van der Waals surface area contributed by atoms with Crippen LogP contribution in [0, 0.1) is 23.2 Å². The topological polar surface area (TPSA) is 57.6 Å². The Bertz CT molecular complexity index is 1080. The molecule has 4 nitrogen and oxygen atoms in total. The van der Waals surface area contributed by atoms with Crippen molar-refractivity contribution in [3.05, 3.63) is 52.6 Å². The standard InChI is InChI=1S/C33H45NO3/c1-22(36)30-16-17-31-28-14-10-24-20-26(37)13-15-27(24)32(28)29(21-33(30,31)2)23-8-11-25(12-9-23)34(3)18-6-4-5-7-19-35/h8-9,11-12,20,28-31,35H,4-7,10,13-19,21H2,1-3H3. The van der Waals surface area contributed by atoms with Crippen molar-refractivity contribution in [3.63, 3.8) is 0 Å². The molecule has 0 saturated heterocycles. The Morgan fingerprint density at radius 3 is 2.51 bits per heavy atom. The lowest BCUT2D eigenvalue weighted by Gasteiger charge is -2.52. The SMILES string of the molecule is CC(=O)C1CCC2C3CCC4=CC(=O)CCC4=C3C(c3ccc(N(C)CCCCCCO)cc3)CC12C. The van der Waals surface area contributed by atoms with Crippen LogP contribution >= 0.6 is 0 Å². The number of carbonyl (C=O) groups excluding carboxylic acids is 2. The summed E-state index contributed by atoms with van der Waals surface area (Å²) in [5, 5.41) is 8.99. The van der Waals surface area contributed by atoms with Crippen LogP contribution in [-0.4, -0.2) is 36.9 Å². The highest BCUT2D eigenvalue weighted by molar-refractivity contribution is 5.93. The number of Topliss-reactive ketones (excluding diaryl/α,β-unsaturated/α-hetero) is 1. The molecule has 1 aromatic rings. The molecule has 37 heavy (non-hydrogen) atoms. The van der Waals surface area contributed by atoms with Crippen molar-refractivity contribution in [2.24, 2.45) is 23.2 Å². The summed E-state index contributed by atoms with van der Waals surface area (Å²) in [6.07, 6.45) is 13.1. The molecule has 0 amide bonds. The molecule has 4 aliphatic rings. The van der Waals surface area contributed by atoms with Crippen LogP contribution in [0.15, 0.2) is 47.1 Å². The molecule has 1 N–H and O–H groups in total. The number of nitrogens with zero attached hydrogens (tertiary/aromatic N) is 1. The maximum atomic E-state index is 12.8. The fourth-order valence-corrected chi connectivity index (χ4v) is 8.53. The molecule has 0 aromatic heterocycles. The van der Waals surface area contributed by atoms with E-state index in [9.17, 15) is 9.59 Å². The van der Waals surface area contributed by atoms with E-state index in [-0.39, 0.29) is 23.7 Å². The summed E-state index contributed by atoms with van der Waals surface area (Å²) in [7, 11) is 2.17. The number of carbonyl (C=O) groups is 2. The summed E-state index contributed by atoms with van der Waals surface area (Å²) in [4.78, 5) is 27.4. The van der Waals surface area contributed by atoms with Crippen LogP contribution in [0.2, 0.25) is 0 Å². The monoisotopic (exact) mass is 503 g/mol. The van der Waals surface area contributed by atoms with Crippen molar-refractivity contribution in [1.82, 2.24) is 0 Å². The van der Waals surface area contributed by atoms with Gasteiger partial charge >= 0.3 is 0 Å². The fourth-order valence-electron chi connectivity index (χ4n) is 8.53. The first kappa shape index (κ1) is 26.4. The van der Waals surface area contributed by atoms with Gasteiger partial charge in [-0.1, -0.05) is 37.5 Å². The number of benzene rings is 1. The first-order chi connectivity index (χ1) is 17.8. The molecule has 4 heteroatoms. The number of aliphatic hydroxyl groups excluding tert-OH is 1. The number of unbranched alkanes of at least 4 members (excludes halogenated alkanes) is 3. The number of aliphatic hydroxyl groups is 1. The molecule has 200 valence electrons.